The highest BCUT2D eigenvalue weighted by atomic mass is 32.1. The van der Waals surface area contributed by atoms with E-state index in [1.165, 1.54) is 12.1 Å². The van der Waals surface area contributed by atoms with Crippen LogP contribution >= 0.6 is 12.2 Å². The van der Waals surface area contributed by atoms with Gasteiger partial charge in [0.15, 0.2) is 5.11 Å². The number of anilines is 1. The van der Waals surface area contributed by atoms with E-state index in [-0.39, 0.29) is 11.8 Å². The van der Waals surface area contributed by atoms with Gasteiger partial charge in [0.05, 0.1) is 13.2 Å². The standard InChI is InChI=1S/C22H20F2N2O2S/c1-27-18-13-9-17(10-14-18)25-22(29)26-20(15-5-3-2-4-6-15)16-7-11-19(12-8-16)28-21(23)24/h2-14,20-21H,1H3,(H2,25,26,29)/t20-/m1/s1. The molecule has 2 N–H and O–H groups in total. The van der Waals surface area contributed by atoms with E-state index < -0.39 is 6.61 Å². The lowest BCUT2D eigenvalue weighted by Gasteiger charge is -2.22. The van der Waals surface area contributed by atoms with Crippen LogP contribution < -0.4 is 20.1 Å². The summed E-state index contributed by atoms with van der Waals surface area (Å²) >= 11 is 5.48. The zero-order valence-electron chi connectivity index (χ0n) is 15.6. The summed E-state index contributed by atoms with van der Waals surface area (Å²) in [5, 5.41) is 6.86. The van der Waals surface area contributed by atoms with Crippen molar-refractivity contribution in [3.05, 3.63) is 90.0 Å². The van der Waals surface area contributed by atoms with Crippen molar-refractivity contribution in [1.29, 1.82) is 0 Å². The van der Waals surface area contributed by atoms with Crippen LogP contribution in [0.2, 0.25) is 0 Å². The highest BCUT2D eigenvalue weighted by molar-refractivity contribution is 7.80. The summed E-state index contributed by atoms with van der Waals surface area (Å²) in [5.74, 6) is 0.859. The van der Waals surface area contributed by atoms with E-state index in [9.17, 15) is 8.78 Å². The maximum Gasteiger partial charge on any atom is 0.387 e. The van der Waals surface area contributed by atoms with E-state index in [0.717, 1.165) is 22.6 Å². The molecule has 0 saturated heterocycles. The van der Waals surface area contributed by atoms with Crippen LogP contribution in [0.25, 0.3) is 0 Å². The molecule has 0 aliphatic carbocycles. The third-order valence-electron chi connectivity index (χ3n) is 4.19. The van der Waals surface area contributed by atoms with Crippen LogP contribution in [-0.2, 0) is 0 Å². The molecule has 3 aromatic rings. The van der Waals surface area contributed by atoms with Crippen molar-refractivity contribution < 1.29 is 18.3 Å². The van der Waals surface area contributed by atoms with Gasteiger partial charge in [-0.3, -0.25) is 0 Å². The quantitative estimate of drug-likeness (QED) is 0.509. The van der Waals surface area contributed by atoms with E-state index in [2.05, 4.69) is 15.4 Å². The van der Waals surface area contributed by atoms with E-state index >= 15 is 0 Å². The molecule has 0 unspecified atom stereocenters. The predicted molar refractivity (Wildman–Crippen MR) is 114 cm³/mol. The van der Waals surface area contributed by atoms with Gasteiger partial charge in [-0.1, -0.05) is 42.5 Å². The lowest BCUT2D eigenvalue weighted by Crippen LogP contribution is -2.33. The van der Waals surface area contributed by atoms with Gasteiger partial charge in [0.25, 0.3) is 0 Å². The molecule has 0 aromatic heterocycles. The van der Waals surface area contributed by atoms with Gasteiger partial charge in [0, 0.05) is 5.69 Å². The van der Waals surface area contributed by atoms with Crippen molar-refractivity contribution in [3.63, 3.8) is 0 Å². The zero-order chi connectivity index (χ0) is 20.6. The second-order valence-electron chi connectivity index (χ2n) is 6.12. The lowest BCUT2D eigenvalue weighted by atomic mass is 9.99. The van der Waals surface area contributed by atoms with E-state index in [1.54, 1.807) is 19.2 Å². The molecule has 3 aromatic carbocycles. The first-order valence-electron chi connectivity index (χ1n) is 8.86. The second-order valence-corrected chi connectivity index (χ2v) is 6.53. The number of alkyl halides is 2. The molecule has 4 nitrogen and oxygen atoms in total. The molecule has 0 amide bonds. The van der Waals surface area contributed by atoms with Gasteiger partial charge < -0.3 is 20.1 Å². The summed E-state index contributed by atoms with van der Waals surface area (Å²) in [6, 6.07) is 23.3. The smallest absolute Gasteiger partial charge is 0.387 e. The molecule has 1 atom stereocenters. The number of hydrogen-bond acceptors (Lipinski definition) is 3. The summed E-state index contributed by atoms with van der Waals surface area (Å²) in [4.78, 5) is 0. The number of halogens is 2. The molecule has 7 heteroatoms. The van der Waals surface area contributed by atoms with Gasteiger partial charge in [-0.15, -0.1) is 0 Å². The molecule has 0 spiro atoms. The minimum absolute atomic E-state index is 0.106. The summed E-state index contributed by atoms with van der Waals surface area (Å²) in [5.41, 5.74) is 2.65. The monoisotopic (exact) mass is 414 g/mol. The van der Waals surface area contributed by atoms with E-state index in [0.29, 0.717) is 5.11 Å². The topological polar surface area (TPSA) is 42.5 Å². The molecule has 0 radical (unpaired) electrons. The molecule has 0 aliphatic heterocycles. The molecule has 0 bridgehead atoms. The van der Waals surface area contributed by atoms with Crippen LogP contribution in [-0.4, -0.2) is 18.8 Å². The molecule has 0 fully saturated rings. The Morgan fingerprint density at radius 1 is 0.828 bits per heavy atom. The van der Waals surface area contributed by atoms with Crippen molar-refractivity contribution in [2.45, 2.75) is 12.7 Å². The van der Waals surface area contributed by atoms with Gasteiger partial charge in [0.2, 0.25) is 0 Å². The van der Waals surface area contributed by atoms with Crippen molar-refractivity contribution in [2.24, 2.45) is 0 Å². The maximum absolute atomic E-state index is 12.4. The van der Waals surface area contributed by atoms with Crippen LogP contribution in [0.15, 0.2) is 78.9 Å². The average molecular weight is 414 g/mol. The Morgan fingerprint density at radius 2 is 1.41 bits per heavy atom. The average Bonchev–Trinajstić information content (AvgIpc) is 2.73. The largest absolute Gasteiger partial charge is 0.497 e. The van der Waals surface area contributed by atoms with Crippen molar-refractivity contribution in [2.75, 3.05) is 12.4 Å². The van der Waals surface area contributed by atoms with Gasteiger partial charge in [-0.25, -0.2) is 0 Å². The normalized spacial score (nSPS) is 11.6. The van der Waals surface area contributed by atoms with Crippen molar-refractivity contribution in [3.8, 4) is 11.5 Å². The number of ether oxygens (including phenoxy) is 2. The molecule has 0 aliphatic rings. The van der Waals surface area contributed by atoms with Crippen LogP contribution in [0.5, 0.6) is 11.5 Å². The molecule has 3 rings (SSSR count). The summed E-state index contributed by atoms with van der Waals surface area (Å²) < 4.78 is 34.4. The van der Waals surface area contributed by atoms with E-state index in [1.807, 2.05) is 54.6 Å². The minimum Gasteiger partial charge on any atom is -0.497 e. The molecule has 0 saturated carbocycles. The number of methoxy groups -OCH3 is 1. The lowest BCUT2D eigenvalue weighted by molar-refractivity contribution is -0.0498. The van der Waals surface area contributed by atoms with Gasteiger partial charge in [-0.2, -0.15) is 8.78 Å². The summed E-state index contributed by atoms with van der Waals surface area (Å²) in [6.07, 6.45) is 0. The first-order chi connectivity index (χ1) is 14.0. The van der Waals surface area contributed by atoms with E-state index in [4.69, 9.17) is 17.0 Å². The maximum atomic E-state index is 12.4. The number of hydrogen-bond donors (Lipinski definition) is 2. The molecule has 29 heavy (non-hydrogen) atoms. The van der Waals surface area contributed by atoms with Gasteiger partial charge in [-0.05, 0) is 59.7 Å². The molecule has 0 heterocycles. The fraction of sp³-hybridized carbons (Fsp3) is 0.136. The van der Waals surface area contributed by atoms with Crippen molar-refractivity contribution in [1.82, 2.24) is 5.32 Å². The van der Waals surface area contributed by atoms with Crippen LogP contribution in [0.1, 0.15) is 17.2 Å². The highest BCUT2D eigenvalue weighted by Gasteiger charge is 2.16. The Bertz CT molecular complexity index is 920. The number of rotatable bonds is 7. The van der Waals surface area contributed by atoms with Gasteiger partial charge >= 0.3 is 6.61 Å². The Labute approximate surface area is 173 Å². The first kappa shape index (κ1) is 20.5. The SMILES string of the molecule is COc1ccc(NC(=S)N[C@H](c2ccccc2)c2ccc(OC(F)F)cc2)cc1. The summed E-state index contributed by atoms with van der Waals surface area (Å²) in [6.45, 7) is -2.86. The fourth-order valence-electron chi connectivity index (χ4n) is 2.82. The third kappa shape index (κ3) is 5.89. The molecular weight excluding hydrogens is 394 g/mol. The fourth-order valence-corrected chi connectivity index (χ4v) is 3.05. The Kier molecular flexibility index (Phi) is 6.97. The van der Waals surface area contributed by atoms with Crippen molar-refractivity contribution >= 4 is 23.0 Å². The molecular formula is C22H20F2N2O2S. The third-order valence-corrected chi connectivity index (χ3v) is 4.41. The number of benzene rings is 3. The van der Waals surface area contributed by atoms with Crippen LogP contribution in [0, 0.1) is 0 Å². The summed E-state index contributed by atoms with van der Waals surface area (Å²) in [7, 11) is 1.61. The molecule has 150 valence electrons. The number of thiocarbonyl (C=S) groups is 1. The second kappa shape index (κ2) is 9.84. The van der Waals surface area contributed by atoms with Gasteiger partial charge in [0.1, 0.15) is 11.5 Å². The Hall–Kier alpha value is -3.19. The first-order valence-corrected chi connectivity index (χ1v) is 9.27. The predicted octanol–water partition coefficient (Wildman–Crippen LogP) is 5.37. The Balaban J connectivity index is 1.77. The van der Waals surface area contributed by atoms with Crippen LogP contribution in [0.3, 0.4) is 0 Å². The van der Waals surface area contributed by atoms with Crippen LogP contribution in [0.4, 0.5) is 14.5 Å². The number of nitrogens with one attached hydrogen (secondary N) is 2. The highest BCUT2D eigenvalue weighted by Crippen LogP contribution is 2.25. The minimum atomic E-state index is -2.86. The Morgan fingerprint density at radius 3 is 2.00 bits per heavy atom. The zero-order valence-corrected chi connectivity index (χ0v) is 16.5.